The highest BCUT2D eigenvalue weighted by molar-refractivity contribution is 7.09. The van der Waals surface area contributed by atoms with Crippen molar-refractivity contribution < 1.29 is 0 Å². The Morgan fingerprint density at radius 2 is 2.00 bits per heavy atom. The molecule has 0 aromatic carbocycles. The summed E-state index contributed by atoms with van der Waals surface area (Å²) in [6.45, 7) is 8.03. The lowest BCUT2D eigenvalue weighted by Gasteiger charge is -2.30. The lowest BCUT2D eigenvalue weighted by Crippen LogP contribution is -2.36. The number of rotatable bonds is 5. The molecule has 0 saturated heterocycles. The molecule has 4 rings (SSSR count). The summed E-state index contributed by atoms with van der Waals surface area (Å²) in [6, 6.07) is 0.834. The minimum absolute atomic E-state index is 0.186. The topological polar surface area (TPSA) is 24.9 Å². The molecular formula is C18H28N2S. The molecule has 0 amide bonds. The summed E-state index contributed by atoms with van der Waals surface area (Å²) in [5.41, 5.74) is 1.98. The van der Waals surface area contributed by atoms with E-state index in [-0.39, 0.29) is 5.41 Å². The first kappa shape index (κ1) is 14.2. The fraction of sp³-hybridized carbons (Fsp3) is 0.833. The third kappa shape index (κ3) is 3.05. The molecule has 3 heteroatoms. The van der Waals surface area contributed by atoms with Crippen molar-refractivity contribution in [1.82, 2.24) is 10.3 Å². The van der Waals surface area contributed by atoms with E-state index in [1.807, 2.05) is 11.3 Å². The van der Waals surface area contributed by atoms with Gasteiger partial charge in [0.2, 0.25) is 0 Å². The van der Waals surface area contributed by atoms with Crippen LogP contribution in [0.1, 0.15) is 63.6 Å². The first-order chi connectivity index (χ1) is 9.94. The largest absolute Gasteiger partial charge is 0.313 e. The predicted molar refractivity (Wildman–Crippen MR) is 88.8 cm³/mol. The van der Waals surface area contributed by atoms with Crippen LogP contribution in [0.2, 0.25) is 0 Å². The zero-order chi connectivity index (χ0) is 14.7. The van der Waals surface area contributed by atoms with Crippen LogP contribution in [-0.4, -0.2) is 17.6 Å². The van der Waals surface area contributed by atoms with Crippen molar-refractivity contribution in [2.75, 3.05) is 6.54 Å². The summed E-state index contributed by atoms with van der Waals surface area (Å²) in [7, 11) is 0. The van der Waals surface area contributed by atoms with E-state index >= 15 is 0 Å². The normalized spacial score (nSPS) is 35.0. The van der Waals surface area contributed by atoms with Crippen molar-refractivity contribution >= 4 is 11.3 Å². The number of nitrogens with one attached hydrogen (secondary N) is 1. The Bertz CT molecular complexity index is 514. The van der Waals surface area contributed by atoms with Crippen LogP contribution in [0.3, 0.4) is 0 Å². The quantitative estimate of drug-likeness (QED) is 0.884. The van der Waals surface area contributed by atoms with Gasteiger partial charge in [0.05, 0.1) is 10.7 Å². The third-order valence-electron chi connectivity index (χ3n) is 5.65. The van der Waals surface area contributed by atoms with Gasteiger partial charge in [0.15, 0.2) is 0 Å². The molecule has 0 spiro atoms. The molecule has 1 heterocycles. The van der Waals surface area contributed by atoms with Crippen molar-refractivity contribution in [3.8, 4) is 0 Å². The molecule has 2 nitrogen and oxygen atoms in total. The highest BCUT2D eigenvalue weighted by atomic mass is 32.1. The molecular weight excluding hydrogens is 276 g/mol. The Morgan fingerprint density at radius 3 is 2.57 bits per heavy atom. The zero-order valence-electron chi connectivity index (χ0n) is 13.6. The van der Waals surface area contributed by atoms with Gasteiger partial charge in [-0.3, -0.25) is 0 Å². The molecule has 2 unspecified atom stereocenters. The lowest BCUT2D eigenvalue weighted by molar-refractivity contribution is 0.247. The molecule has 3 aliphatic carbocycles. The summed E-state index contributed by atoms with van der Waals surface area (Å²) in [5, 5.41) is 7.47. The van der Waals surface area contributed by atoms with Crippen LogP contribution in [0.4, 0.5) is 0 Å². The van der Waals surface area contributed by atoms with Crippen molar-refractivity contribution in [2.24, 2.45) is 17.3 Å². The van der Waals surface area contributed by atoms with Gasteiger partial charge in [-0.15, -0.1) is 11.3 Å². The predicted octanol–water partition coefficient (Wildman–Crippen LogP) is 4.15. The Kier molecular flexibility index (Phi) is 3.24. The first-order valence-electron chi connectivity index (χ1n) is 8.62. The number of thiazole rings is 1. The smallest absolute Gasteiger partial charge is 0.0934 e. The number of aromatic nitrogens is 1. The summed E-state index contributed by atoms with van der Waals surface area (Å²) in [4.78, 5) is 4.96. The molecule has 0 aliphatic heterocycles. The van der Waals surface area contributed by atoms with E-state index < -0.39 is 0 Å². The molecule has 1 aromatic rings. The number of hydrogen-bond acceptors (Lipinski definition) is 3. The second-order valence-corrected chi connectivity index (χ2v) is 9.82. The Hall–Kier alpha value is -0.410. The van der Waals surface area contributed by atoms with E-state index in [1.54, 1.807) is 0 Å². The van der Waals surface area contributed by atoms with E-state index in [0.717, 1.165) is 17.9 Å². The maximum Gasteiger partial charge on any atom is 0.0934 e. The van der Waals surface area contributed by atoms with Gasteiger partial charge in [-0.2, -0.15) is 0 Å². The molecule has 0 bridgehead atoms. The second-order valence-electron chi connectivity index (χ2n) is 8.87. The standard InChI is InChI=1S/C18H28N2S/c1-17(2,3)15-10-21-16(20-15)9-18(11-19-14-4-5-14)7-12-6-13(12)8-18/h10,12-14,19H,4-9,11H2,1-3H3. The van der Waals surface area contributed by atoms with Gasteiger partial charge >= 0.3 is 0 Å². The maximum absolute atomic E-state index is 4.96. The van der Waals surface area contributed by atoms with Crippen molar-refractivity contribution in [3.05, 3.63) is 16.1 Å². The minimum Gasteiger partial charge on any atom is -0.313 e. The van der Waals surface area contributed by atoms with Crippen LogP contribution >= 0.6 is 11.3 Å². The second kappa shape index (κ2) is 4.79. The highest BCUT2D eigenvalue weighted by Crippen LogP contribution is 2.60. The van der Waals surface area contributed by atoms with Gasteiger partial charge in [-0.25, -0.2) is 4.98 Å². The number of nitrogens with zero attached hydrogens (tertiary/aromatic N) is 1. The maximum atomic E-state index is 4.96. The van der Waals surface area contributed by atoms with Gasteiger partial charge in [-0.1, -0.05) is 20.8 Å². The van der Waals surface area contributed by atoms with E-state index in [9.17, 15) is 0 Å². The average molecular weight is 305 g/mol. The number of hydrogen-bond donors (Lipinski definition) is 1. The molecule has 3 aliphatic rings. The van der Waals surface area contributed by atoms with Gasteiger partial charge in [0, 0.05) is 29.8 Å². The average Bonchev–Trinajstić information content (AvgIpc) is 3.28. The summed E-state index contributed by atoms with van der Waals surface area (Å²) in [6.07, 6.45) is 8.41. The van der Waals surface area contributed by atoms with Crippen LogP contribution in [0.25, 0.3) is 0 Å². The summed E-state index contributed by atoms with van der Waals surface area (Å²) < 4.78 is 0. The monoisotopic (exact) mass is 304 g/mol. The van der Waals surface area contributed by atoms with Gasteiger partial charge in [0.1, 0.15) is 0 Å². The fourth-order valence-corrected chi connectivity index (χ4v) is 5.26. The molecule has 116 valence electrons. The molecule has 21 heavy (non-hydrogen) atoms. The molecule has 3 saturated carbocycles. The summed E-state index contributed by atoms with van der Waals surface area (Å²) >= 11 is 1.89. The van der Waals surface area contributed by atoms with Crippen LogP contribution < -0.4 is 5.32 Å². The lowest BCUT2D eigenvalue weighted by atomic mass is 9.79. The molecule has 1 N–H and O–H groups in total. The number of fused-ring (bicyclic) bond motifs is 1. The summed E-state index contributed by atoms with van der Waals surface area (Å²) in [5.74, 6) is 2.10. The molecule has 2 atom stereocenters. The van der Waals surface area contributed by atoms with E-state index in [2.05, 4.69) is 31.5 Å². The molecule has 3 fully saturated rings. The first-order valence-corrected chi connectivity index (χ1v) is 9.50. The molecule has 0 radical (unpaired) electrons. The Balaban J connectivity index is 1.47. The van der Waals surface area contributed by atoms with E-state index in [0.29, 0.717) is 5.41 Å². The van der Waals surface area contributed by atoms with Gasteiger partial charge in [0.25, 0.3) is 0 Å². The SMILES string of the molecule is CC(C)(C)c1csc(CC2(CNC3CC3)CC3CC3C2)n1. The van der Waals surface area contributed by atoms with Crippen LogP contribution in [0, 0.1) is 17.3 Å². The van der Waals surface area contributed by atoms with E-state index in [4.69, 9.17) is 4.98 Å². The Morgan fingerprint density at radius 1 is 1.29 bits per heavy atom. The van der Waals surface area contributed by atoms with Crippen LogP contribution in [-0.2, 0) is 11.8 Å². The fourth-order valence-electron chi connectivity index (χ4n) is 4.06. The minimum atomic E-state index is 0.186. The van der Waals surface area contributed by atoms with E-state index in [1.165, 1.54) is 55.8 Å². The van der Waals surface area contributed by atoms with Crippen molar-refractivity contribution in [2.45, 2.75) is 70.8 Å². The van der Waals surface area contributed by atoms with Crippen molar-refractivity contribution in [3.63, 3.8) is 0 Å². The third-order valence-corrected chi connectivity index (χ3v) is 6.50. The Labute approximate surface area is 132 Å². The zero-order valence-corrected chi connectivity index (χ0v) is 14.4. The van der Waals surface area contributed by atoms with Crippen LogP contribution in [0.5, 0.6) is 0 Å². The van der Waals surface area contributed by atoms with Gasteiger partial charge < -0.3 is 5.32 Å². The van der Waals surface area contributed by atoms with Crippen LogP contribution in [0.15, 0.2) is 5.38 Å². The highest BCUT2D eigenvalue weighted by Gasteiger charge is 2.53. The molecule has 1 aromatic heterocycles. The van der Waals surface area contributed by atoms with Gasteiger partial charge in [-0.05, 0) is 49.4 Å². The van der Waals surface area contributed by atoms with Crippen molar-refractivity contribution in [1.29, 1.82) is 0 Å².